The van der Waals surface area contributed by atoms with Gasteiger partial charge in [0.2, 0.25) is 0 Å². The number of carbonyl (C=O) groups is 2. The topological polar surface area (TPSA) is 71.8 Å². The highest BCUT2D eigenvalue weighted by Crippen LogP contribution is 2.21. The Morgan fingerprint density at radius 3 is 2.61 bits per heavy atom. The number of ether oxygens (including phenoxy) is 1. The third kappa shape index (κ3) is 3.26. The number of furan rings is 1. The van der Waals surface area contributed by atoms with Gasteiger partial charge in [-0.2, -0.15) is 0 Å². The van der Waals surface area contributed by atoms with Crippen LogP contribution in [-0.4, -0.2) is 23.3 Å². The molecule has 23 heavy (non-hydrogen) atoms. The number of benzene rings is 1. The fourth-order valence-electron chi connectivity index (χ4n) is 2.26. The number of carbonyl (C=O) groups excluding carboxylic acids is 2. The quantitative estimate of drug-likeness (QED) is 0.830. The first-order chi connectivity index (χ1) is 11.2. The molecule has 0 aliphatic carbocycles. The van der Waals surface area contributed by atoms with Crippen molar-refractivity contribution < 1.29 is 18.7 Å². The molecule has 0 radical (unpaired) electrons. The Morgan fingerprint density at radius 1 is 1.17 bits per heavy atom. The average Bonchev–Trinajstić information content (AvgIpc) is 3.14. The minimum absolute atomic E-state index is 0.121. The van der Waals surface area contributed by atoms with Crippen LogP contribution in [-0.2, 0) is 16.1 Å². The first kappa shape index (κ1) is 14.9. The predicted molar refractivity (Wildman–Crippen MR) is 83.6 cm³/mol. The summed E-state index contributed by atoms with van der Waals surface area (Å²) in [7, 11) is 0. The molecule has 0 bridgehead atoms. The van der Waals surface area contributed by atoms with E-state index in [9.17, 15) is 9.59 Å². The summed E-state index contributed by atoms with van der Waals surface area (Å²) < 4.78 is 10.5. The van der Waals surface area contributed by atoms with Crippen molar-refractivity contribution in [3.05, 3.63) is 60.2 Å². The normalized spacial score (nSPS) is 14.1. The SMILES string of the molecule is CCOc1ccc(NC2=CC(=O)N(Cc3ccco3)C2=O)cc1. The van der Waals surface area contributed by atoms with Gasteiger partial charge in [0.05, 0.1) is 19.4 Å². The molecule has 2 aromatic rings. The van der Waals surface area contributed by atoms with E-state index in [1.54, 1.807) is 36.4 Å². The minimum atomic E-state index is -0.375. The number of amides is 2. The maximum Gasteiger partial charge on any atom is 0.277 e. The smallest absolute Gasteiger partial charge is 0.277 e. The second kappa shape index (κ2) is 6.39. The Labute approximate surface area is 133 Å². The molecule has 1 aliphatic heterocycles. The summed E-state index contributed by atoms with van der Waals surface area (Å²) in [5.41, 5.74) is 0.950. The van der Waals surface area contributed by atoms with Crippen LogP contribution in [0.15, 0.2) is 58.9 Å². The zero-order valence-corrected chi connectivity index (χ0v) is 12.6. The molecule has 0 spiro atoms. The van der Waals surface area contributed by atoms with Crippen molar-refractivity contribution in [2.45, 2.75) is 13.5 Å². The molecule has 1 aliphatic rings. The summed E-state index contributed by atoms with van der Waals surface area (Å²) >= 11 is 0. The highest BCUT2D eigenvalue weighted by atomic mass is 16.5. The summed E-state index contributed by atoms with van der Waals surface area (Å²) in [5.74, 6) is 0.572. The Bertz CT molecular complexity index is 732. The van der Waals surface area contributed by atoms with Gasteiger partial charge in [-0.05, 0) is 43.3 Å². The van der Waals surface area contributed by atoms with Crippen molar-refractivity contribution in [3.63, 3.8) is 0 Å². The van der Waals surface area contributed by atoms with E-state index in [0.717, 1.165) is 10.6 Å². The molecule has 0 saturated heterocycles. The third-order valence-electron chi connectivity index (χ3n) is 3.35. The molecule has 0 saturated carbocycles. The van der Waals surface area contributed by atoms with Gasteiger partial charge in [-0.15, -0.1) is 0 Å². The molecular formula is C17H16N2O4. The van der Waals surface area contributed by atoms with E-state index in [0.29, 0.717) is 18.1 Å². The van der Waals surface area contributed by atoms with Crippen LogP contribution in [0.5, 0.6) is 5.75 Å². The molecule has 2 amide bonds. The summed E-state index contributed by atoms with van der Waals surface area (Å²) in [5, 5.41) is 2.96. The van der Waals surface area contributed by atoms with Crippen molar-refractivity contribution in [3.8, 4) is 5.75 Å². The third-order valence-corrected chi connectivity index (χ3v) is 3.35. The lowest BCUT2D eigenvalue weighted by Crippen LogP contribution is -2.31. The van der Waals surface area contributed by atoms with Crippen molar-refractivity contribution in [2.24, 2.45) is 0 Å². The maximum absolute atomic E-state index is 12.3. The Kier molecular flexibility index (Phi) is 4.14. The van der Waals surface area contributed by atoms with E-state index < -0.39 is 0 Å². The molecular weight excluding hydrogens is 296 g/mol. The van der Waals surface area contributed by atoms with E-state index in [-0.39, 0.29) is 24.1 Å². The number of nitrogens with one attached hydrogen (secondary N) is 1. The van der Waals surface area contributed by atoms with Crippen molar-refractivity contribution in [1.29, 1.82) is 0 Å². The number of nitrogens with zero attached hydrogens (tertiary/aromatic N) is 1. The molecule has 3 rings (SSSR count). The Balaban J connectivity index is 1.67. The number of imide groups is 1. The van der Waals surface area contributed by atoms with E-state index in [4.69, 9.17) is 9.15 Å². The van der Waals surface area contributed by atoms with Crippen molar-refractivity contribution in [1.82, 2.24) is 4.90 Å². The molecule has 0 atom stereocenters. The van der Waals surface area contributed by atoms with Crippen LogP contribution in [0.1, 0.15) is 12.7 Å². The number of hydrogen-bond donors (Lipinski definition) is 1. The number of hydrogen-bond acceptors (Lipinski definition) is 5. The second-order valence-electron chi connectivity index (χ2n) is 4.95. The van der Waals surface area contributed by atoms with Crippen LogP contribution < -0.4 is 10.1 Å². The number of rotatable bonds is 6. The second-order valence-corrected chi connectivity index (χ2v) is 4.95. The largest absolute Gasteiger partial charge is 0.494 e. The summed E-state index contributed by atoms with van der Waals surface area (Å²) in [6.07, 6.45) is 2.80. The van der Waals surface area contributed by atoms with Gasteiger partial charge in [0.25, 0.3) is 11.8 Å². The van der Waals surface area contributed by atoms with Crippen LogP contribution in [0.25, 0.3) is 0 Å². The highest BCUT2D eigenvalue weighted by molar-refractivity contribution is 6.17. The molecule has 6 heteroatoms. The van der Waals surface area contributed by atoms with E-state index >= 15 is 0 Å². The van der Waals surface area contributed by atoms with Crippen molar-refractivity contribution >= 4 is 17.5 Å². The van der Waals surface area contributed by atoms with Gasteiger partial charge in [0, 0.05) is 11.8 Å². The summed E-state index contributed by atoms with van der Waals surface area (Å²) in [6.45, 7) is 2.62. The Morgan fingerprint density at radius 2 is 1.96 bits per heavy atom. The van der Waals surface area contributed by atoms with Gasteiger partial charge in [-0.25, -0.2) is 0 Å². The molecule has 1 aromatic heterocycles. The Hall–Kier alpha value is -3.02. The van der Waals surface area contributed by atoms with Gasteiger partial charge in [0.1, 0.15) is 17.2 Å². The van der Waals surface area contributed by atoms with Crippen molar-refractivity contribution in [2.75, 3.05) is 11.9 Å². The van der Waals surface area contributed by atoms with Gasteiger partial charge in [0.15, 0.2) is 0 Å². The predicted octanol–water partition coefficient (Wildman–Crippen LogP) is 2.54. The maximum atomic E-state index is 12.3. The van der Waals surface area contributed by atoms with Crippen LogP contribution in [0, 0.1) is 0 Å². The highest BCUT2D eigenvalue weighted by Gasteiger charge is 2.31. The lowest BCUT2D eigenvalue weighted by molar-refractivity contribution is -0.138. The van der Waals surface area contributed by atoms with Crippen LogP contribution in [0.2, 0.25) is 0 Å². The summed E-state index contributed by atoms with van der Waals surface area (Å²) in [6, 6.07) is 10.6. The van der Waals surface area contributed by atoms with E-state index in [1.807, 2.05) is 6.92 Å². The molecule has 1 N–H and O–H groups in total. The summed E-state index contributed by atoms with van der Waals surface area (Å²) in [4.78, 5) is 25.4. The lowest BCUT2D eigenvalue weighted by atomic mass is 10.3. The molecule has 0 unspecified atom stereocenters. The first-order valence-corrected chi connectivity index (χ1v) is 7.27. The lowest BCUT2D eigenvalue weighted by Gasteiger charge is -2.13. The number of anilines is 1. The molecule has 118 valence electrons. The average molecular weight is 312 g/mol. The van der Waals surface area contributed by atoms with Gasteiger partial charge in [-0.1, -0.05) is 0 Å². The van der Waals surface area contributed by atoms with E-state index in [2.05, 4.69) is 5.32 Å². The first-order valence-electron chi connectivity index (χ1n) is 7.27. The minimum Gasteiger partial charge on any atom is -0.494 e. The molecule has 6 nitrogen and oxygen atoms in total. The van der Waals surface area contributed by atoms with Crippen LogP contribution in [0.4, 0.5) is 5.69 Å². The van der Waals surface area contributed by atoms with Crippen LogP contribution >= 0.6 is 0 Å². The van der Waals surface area contributed by atoms with Crippen LogP contribution in [0.3, 0.4) is 0 Å². The van der Waals surface area contributed by atoms with E-state index in [1.165, 1.54) is 12.3 Å². The van der Waals surface area contributed by atoms with Gasteiger partial charge >= 0.3 is 0 Å². The van der Waals surface area contributed by atoms with Gasteiger partial charge < -0.3 is 14.5 Å². The monoisotopic (exact) mass is 312 g/mol. The van der Waals surface area contributed by atoms with Gasteiger partial charge in [-0.3, -0.25) is 14.5 Å². The fraction of sp³-hybridized carbons (Fsp3) is 0.176. The standard InChI is InChI=1S/C17H16N2O4/c1-2-22-13-7-5-12(6-8-13)18-15-10-16(20)19(17(15)21)11-14-4-3-9-23-14/h3-10,18H,2,11H2,1H3. The molecule has 0 fully saturated rings. The zero-order valence-electron chi connectivity index (χ0n) is 12.6. The zero-order chi connectivity index (χ0) is 16.2. The fourth-order valence-corrected chi connectivity index (χ4v) is 2.26. The molecule has 2 heterocycles. The molecule has 1 aromatic carbocycles.